The summed E-state index contributed by atoms with van der Waals surface area (Å²) in [5.41, 5.74) is 1.41. The second kappa shape index (κ2) is 10.1. The van der Waals surface area contributed by atoms with Gasteiger partial charge in [-0.25, -0.2) is 0 Å². The summed E-state index contributed by atoms with van der Waals surface area (Å²) >= 11 is 0. The van der Waals surface area contributed by atoms with Crippen LogP contribution in [0.4, 0.5) is 0 Å². The molecule has 0 bridgehead atoms. The molecule has 2 heteroatoms. The van der Waals surface area contributed by atoms with E-state index in [9.17, 15) is 4.79 Å². The zero-order chi connectivity index (χ0) is 19.1. The standard InChI is InChI=1S/C25H36O2/c1-3-4-5-6-25(26)27-24-17-15-23(16-18-24)22-13-11-21(12-14-22)20-9-7-19(2)8-10-20/h3,15-22H,1,4-14H2,2H3. The highest BCUT2D eigenvalue weighted by Gasteiger charge is 2.30. The van der Waals surface area contributed by atoms with Gasteiger partial charge in [0.15, 0.2) is 0 Å². The molecular formula is C25H36O2. The third-order valence-corrected chi connectivity index (χ3v) is 6.87. The lowest BCUT2D eigenvalue weighted by atomic mass is 9.68. The van der Waals surface area contributed by atoms with E-state index in [2.05, 4.69) is 25.6 Å². The number of carbonyl (C=O) groups excluding carboxylic acids is 1. The lowest BCUT2D eigenvalue weighted by Crippen LogP contribution is -2.24. The number of hydrogen-bond acceptors (Lipinski definition) is 2. The fraction of sp³-hybridized carbons (Fsp3) is 0.640. The van der Waals surface area contributed by atoms with Crippen molar-refractivity contribution in [3.05, 3.63) is 42.5 Å². The Morgan fingerprint density at radius 3 is 2.19 bits per heavy atom. The van der Waals surface area contributed by atoms with E-state index in [1.165, 1.54) is 56.9 Å². The summed E-state index contributed by atoms with van der Waals surface area (Å²) in [5, 5.41) is 0. The van der Waals surface area contributed by atoms with E-state index >= 15 is 0 Å². The molecule has 3 rings (SSSR count). The molecule has 0 unspecified atom stereocenters. The number of esters is 1. The van der Waals surface area contributed by atoms with Crippen molar-refractivity contribution in [2.75, 3.05) is 0 Å². The smallest absolute Gasteiger partial charge is 0.311 e. The van der Waals surface area contributed by atoms with Gasteiger partial charge in [-0.3, -0.25) is 4.79 Å². The van der Waals surface area contributed by atoms with Gasteiger partial charge in [0, 0.05) is 6.42 Å². The molecule has 0 heterocycles. The normalized spacial score (nSPS) is 28.5. The van der Waals surface area contributed by atoms with E-state index in [-0.39, 0.29) is 5.97 Å². The maximum absolute atomic E-state index is 11.8. The molecule has 2 aliphatic rings. The Bertz CT molecular complexity index is 587. The molecule has 148 valence electrons. The van der Waals surface area contributed by atoms with Crippen LogP contribution in [0.15, 0.2) is 36.9 Å². The van der Waals surface area contributed by atoms with Crippen LogP contribution in [0.25, 0.3) is 0 Å². The summed E-state index contributed by atoms with van der Waals surface area (Å²) in [4.78, 5) is 11.8. The first-order valence-corrected chi connectivity index (χ1v) is 11.1. The van der Waals surface area contributed by atoms with Crippen LogP contribution < -0.4 is 4.74 Å². The van der Waals surface area contributed by atoms with Crippen molar-refractivity contribution < 1.29 is 9.53 Å². The molecule has 0 spiro atoms. The third-order valence-electron chi connectivity index (χ3n) is 6.87. The van der Waals surface area contributed by atoms with E-state index in [1.807, 2.05) is 18.2 Å². The Labute approximate surface area is 165 Å². The highest BCUT2D eigenvalue weighted by Crippen LogP contribution is 2.43. The van der Waals surface area contributed by atoms with E-state index in [4.69, 9.17) is 4.74 Å². The number of carbonyl (C=O) groups is 1. The molecule has 0 saturated heterocycles. The molecule has 0 atom stereocenters. The highest BCUT2D eigenvalue weighted by molar-refractivity contribution is 5.72. The quantitative estimate of drug-likeness (QED) is 0.223. The predicted octanol–water partition coefficient (Wildman–Crippen LogP) is 7.05. The molecule has 0 N–H and O–H groups in total. The van der Waals surface area contributed by atoms with Crippen molar-refractivity contribution in [2.45, 2.75) is 83.5 Å². The second-order valence-corrected chi connectivity index (χ2v) is 8.86. The second-order valence-electron chi connectivity index (χ2n) is 8.86. The average Bonchev–Trinajstić information content (AvgIpc) is 2.70. The van der Waals surface area contributed by atoms with E-state index in [0.29, 0.717) is 18.1 Å². The van der Waals surface area contributed by atoms with Crippen LogP contribution >= 0.6 is 0 Å². The monoisotopic (exact) mass is 368 g/mol. The summed E-state index contributed by atoms with van der Waals surface area (Å²) in [5.74, 6) is 4.11. The minimum Gasteiger partial charge on any atom is -0.427 e. The Morgan fingerprint density at radius 1 is 1.00 bits per heavy atom. The van der Waals surface area contributed by atoms with Crippen LogP contribution in [-0.2, 0) is 4.79 Å². The average molecular weight is 369 g/mol. The molecular weight excluding hydrogens is 332 g/mol. The van der Waals surface area contributed by atoms with E-state index < -0.39 is 0 Å². The topological polar surface area (TPSA) is 26.3 Å². The summed E-state index contributed by atoms with van der Waals surface area (Å²) in [6, 6.07) is 8.27. The number of benzene rings is 1. The molecule has 0 aliphatic heterocycles. The molecule has 0 amide bonds. The van der Waals surface area contributed by atoms with Crippen molar-refractivity contribution >= 4 is 5.97 Å². The van der Waals surface area contributed by atoms with Gasteiger partial charge in [0.05, 0.1) is 0 Å². The molecule has 2 aliphatic carbocycles. The summed E-state index contributed by atoms with van der Waals surface area (Å²) in [6.45, 7) is 6.09. The van der Waals surface area contributed by atoms with Gasteiger partial charge in [0.2, 0.25) is 0 Å². The first kappa shape index (κ1) is 20.2. The zero-order valence-electron chi connectivity index (χ0n) is 17.0. The first-order valence-electron chi connectivity index (χ1n) is 11.1. The van der Waals surface area contributed by atoms with Crippen molar-refractivity contribution in [2.24, 2.45) is 17.8 Å². The van der Waals surface area contributed by atoms with Crippen molar-refractivity contribution in [1.29, 1.82) is 0 Å². The highest BCUT2D eigenvalue weighted by atomic mass is 16.5. The van der Waals surface area contributed by atoms with Crippen LogP contribution in [0.5, 0.6) is 5.75 Å². The Morgan fingerprint density at radius 2 is 1.59 bits per heavy atom. The molecule has 0 radical (unpaired) electrons. The number of allylic oxidation sites excluding steroid dienone is 1. The minimum atomic E-state index is -0.146. The molecule has 0 aromatic heterocycles. The third kappa shape index (κ3) is 5.96. The number of unbranched alkanes of at least 4 members (excludes halogenated alkanes) is 1. The maximum atomic E-state index is 11.8. The van der Waals surface area contributed by atoms with Gasteiger partial charge in [-0.2, -0.15) is 0 Å². The van der Waals surface area contributed by atoms with Gasteiger partial charge in [-0.1, -0.05) is 38.0 Å². The fourth-order valence-electron chi connectivity index (χ4n) is 5.06. The Kier molecular flexibility index (Phi) is 7.55. The van der Waals surface area contributed by atoms with Gasteiger partial charge >= 0.3 is 5.97 Å². The molecule has 1 aromatic rings. The van der Waals surface area contributed by atoms with Crippen LogP contribution in [0.1, 0.15) is 89.0 Å². The van der Waals surface area contributed by atoms with E-state index in [0.717, 1.165) is 30.6 Å². The summed E-state index contributed by atoms with van der Waals surface area (Å²) in [7, 11) is 0. The molecule has 2 fully saturated rings. The molecule has 2 saturated carbocycles. The van der Waals surface area contributed by atoms with Gasteiger partial charge in [-0.15, -0.1) is 6.58 Å². The summed E-state index contributed by atoms with van der Waals surface area (Å²) in [6.07, 6.45) is 15.2. The van der Waals surface area contributed by atoms with Crippen LogP contribution in [0.3, 0.4) is 0 Å². The zero-order valence-corrected chi connectivity index (χ0v) is 17.0. The lowest BCUT2D eigenvalue weighted by molar-refractivity contribution is -0.134. The Hall–Kier alpha value is -1.57. The van der Waals surface area contributed by atoms with E-state index in [1.54, 1.807) is 0 Å². The van der Waals surface area contributed by atoms with Gasteiger partial charge in [0.1, 0.15) is 5.75 Å². The van der Waals surface area contributed by atoms with Crippen molar-refractivity contribution in [3.63, 3.8) is 0 Å². The predicted molar refractivity (Wildman–Crippen MR) is 112 cm³/mol. The van der Waals surface area contributed by atoms with Crippen LogP contribution in [-0.4, -0.2) is 5.97 Å². The van der Waals surface area contributed by atoms with Gasteiger partial charge in [0.25, 0.3) is 0 Å². The fourth-order valence-corrected chi connectivity index (χ4v) is 5.06. The molecule has 27 heavy (non-hydrogen) atoms. The first-order chi connectivity index (χ1) is 13.2. The SMILES string of the molecule is C=CCCCC(=O)Oc1ccc(C2CCC(C3CCC(C)CC3)CC2)cc1. The lowest BCUT2D eigenvalue weighted by Gasteiger charge is -2.37. The molecule has 1 aromatic carbocycles. The maximum Gasteiger partial charge on any atom is 0.311 e. The summed E-state index contributed by atoms with van der Waals surface area (Å²) < 4.78 is 5.44. The number of hydrogen-bond donors (Lipinski definition) is 0. The Balaban J connectivity index is 1.44. The van der Waals surface area contributed by atoms with Gasteiger partial charge in [-0.05, 0) is 92.7 Å². The number of rotatable bonds is 7. The number of ether oxygens (including phenoxy) is 1. The van der Waals surface area contributed by atoms with Crippen LogP contribution in [0.2, 0.25) is 0 Å². The van der Waals surface area contributed by atoms with Gasteiger partial charge < -0.3 is 4.74 Å². The molecule has 2 nitrogen and oxygen atoms in total. The van der Waals surface area contributed by atoms with Crippen molar-refractivity contribution in [3.8, 4) is 5.75 Å². The van der Waals surface area contributed by atoms with Crippen LogP contribution in [0, 0.1) is 17.8 Å². The minimum absolute atomic E-state index is 0.146. The van der Waals surface area contributed by atoms with Crippen molar-refractivity contribution in [1.82, 2.24) is 0 Å². The largest absolute Gasteiger partial charge is 0.427 e.